The molecule has 0 aromatic heterocycles. The number of hydrogen-bond acceptors (Lipinski definition) is 4. The van der Waals surface area contributed by atoms with Crippen LogP contribution in [-0.4, -0.2) is 29.7 Å². The fourth-order valence-corrected chi connectivity index (χ4v) is 2.66. The van der Waals surface area contributed by atoms with Crippen LogP contribution in [0.2, 0.25) is 5.02 Å². The summed E-state index contributed by atoms with van der Waals surface area (Å²) in [5.74, 6) is -0.968. The van der Waals surface area contributed by atoms with Gasteiger partial charge in [0.05, 0.1) is 22.0 Å². The number of halogens is 4. The minimum Gasteiger partial charge on any atom is -0.480 e. The minimum absolute atomic E-state index is 0.0814. The van der Waals surface area contributed by atoms with Gasteiger partial charge in [-0.3, -0.25) is 4.79 Å². The molecule has 0 aliphatic carbocycles. The lowest BCUT2D eigenvalue weighted by Gasteiger charge is -2.29. The van der Waals surface area contributed by atoms with Crippen molar-refractivity contribution in [3.63, 3.8) is 0 Å². The predicted molar refractivity (Wildman–Crippen MR) is 76.9 cm³/mol. The number of benzene rings is 1. The molecule has 2 rings (SSSR count). The molecule has 1 fully saturated rings. The van der Waals surface area contributed by atoms with E-state index in [4.69, 9.17) is 22.4 Å². The fourth-order valence-electron chi connectivity index (χ4n) is 2.39. The first kappa shape index (κ1) is 16.7. The number of rotatable bonds is 3. The molecule has 1 aliphatic heterocycles. The van der Waals surface area contributed by atoms with E-state index in [-0.39, 0.29) is 17.4 Å². The average molecular weight is 338 g/mol. The lowest BCUT2D eigenvalue weighted by Crippen LogP contribution is -2.47. The van der Waals surface area contributed by atoms with E-state index in [1.807, 2.05) is 0 Å². The Morgan fingerprint density at radius 3 is 2.73 bits per heavy atom. The molecule has 5 nitrogen and oxygen atoms in total. The summed E-state index contributed by atoms with van der Waals surface area (Å²) in [6.07, 6.45) is -3.65. The van der Waals surface area contributed by atoms with Gasteiger partial charge in [0, 0.05) is 6.04 Å². The largest absolute Gasteiger partial charge is 0.480 e. The van der Waals surface area contributed by atoms with Gasteiger partial charge in [0.25, 0.3) is 0 Å². The van der Waals surface area contributed by atoms with Crippen molar-refractivity contribution >= 4 is 28.9 Å². The van der Waals surface area contributed by atoms with Crippen LogP contribution in [0.1, 0.15) is 18.4 Å². The van der Waals surface area contributed by atoms with Crippen molar-refractivity contribution in [1.29, 1.82) is 0 Å². The van der Waals surface area contributed by atoms with Gasteiger partial charge < -0.3 is 21.5 Å². The third kappa shape index (κ3) is 3.75. The quantitative estimate of drug-likeness (QED) is 0.637. The molecule has 0 radical (unpaired) electrons. The zero-order chi connectivity index (χ0) is 16.5. The van der Waals surface area contributed by atoms with E-state index in [1.54, 1.807) is 0 Å². The lowest BCUT2D eigenvalue weighted by molar-refractivity contribution is -0.140. The van der Waals surface area contributed by atoms with Gasteiger partial charge in [-0.05, 0) is 31.5 Å². The van der Waals surface area contributed by atoms with Crippen LogP contribution in [0.5, 0.6) is 0 Å². The fraction of sp³-hybridized carbons (Fsp3) is 0.462. The number of carboxylic acids is 1. The molecule has 0 saturated carbocycles. The SMILES string of the molecule is Nc1cc(C(F)(F)F)c(Cl)cc1NC1CCNC(C(=O)O)C1. The normalized spacial score (nSPS) is 22.4. The van der Waals surface area contributed by atoms with Crippen molar-refractivity contribution in [3.05, 3.63) is 22.7 Å². The highest BCUT2D eigenvalue weighted by molar-refractivity contribution is 6.32. The van der Waals surface area contributed by atoms with E-state index in [0.29, 0.717) is 19.4 Å². The smallest absolute Gasteiger partial charge is 0.417 e. The number of alkyl halides is 3. The van der Waals surface area contributed by atoms with Crippen LogP contribution < -0.4 is 16.4 Å². The Hall–Kier alpha value is -1.67. The number of anilines is 2. The van der Waals surface area contributed by atoms with Crippen LogP contribution in [-0.2, 0) is 11.0 Å². The second-order valence-corrected chi connectivity index (χ2v) is 5.53. The van der Waals surface area contributed by atoms with E-state index in [2.05, 4.69) is 10.6 Å². The highest BCUT2D eigenvalue weighted by Crippen LogP contribution is 2.38. The molecule has 2 atom stereocenters. The molecule has 1 saturated heterocycles. The number of aliphatic carboxylic acids is 1. The summed E-state index contributed by atoms with van der Waals surface area (Å²) in [7, 11) is 0. The molecule has 2 unspecified atom stereocenters. The molecule has 9 heteroatoms. The summed E-state index contributed by atoms with van der Waals surface area (Å²) in [6.45, 7) is 0.489. The molecule has 0 spiro atoms. The van der Waals surface area contributed by atoms with Crippen molar-refractivity contribution in [1.82, 2.24) is 5.32 Å². The van der Waals surface area contributed by atoms with Crippen LogP contribution in [0.4, 0.5) is 24.5 Å². The molecular weight excluding hydrogens is 323 g/mol. The molecule has 1 heterocycles. The number of carbonyl (C=O) groups is 1. The van der Waals surface area contributed by atoms with Crippen molar-refractivity contribution in [3.8, 4) is 0 Å². The standard InChI is InChI=1S/C13H15ClF3N3O2/c14-8-5-10(9(18)4-7(8)13(15,16)17)20-6-1-2-19-11(3-6)12(21)22/h4-6,11,19-20H,1-3,18H2,(H,21,22). The summed E-state index contributed by atoms with van der Waals surface area (Å²) in [6, 6.07) is 0.993. The minimum atomic E-state index is -4.58. The third-order valence-electron chi connectivity index (χ3n) is 3.51. The van der Waals surface area contributed by atoms with Crippen LogP contribution in [0, 0.1) is 0 Å². The topological polar surface area (TPSA) is 87.4 Å². The summed E-state index contributed by atoms with van der Waals surface area (Å²) in [5, 5.41) is 14.4. The van der Waals surface area contributed by atoms with Gasteiger partial charge >= 0.3 is 12.1 Å². The van der Waals surface area contributed by atoms with Crippen molar-refractivity contribution in [2.75, 3.05) is 17.6 Å². The van der Waals surface area contributed by atoms with Crippen LogP contribution in [0.25, 0.3) is 0 Å². The molecule has 22 heavy (non-hydrogen) atoms. The Labute approximate surface area is 129 Å². The monoisotopic (exact) mass is 337 g/mol. The van der Waals surface area contributed by atoms with Crippen molar-refractivity contribution < 1.29 is 23.1 Å². The highest BCUT2D eigenvalue weighted by Gasteiger charge is 2.34. The van der Waals surface area contributed by atoms with Crippen molar-refractivity contribution in [2.24, 2.45) is 0 Å². The number of nitrogens with one attached hydrogen (secondary N) is 2. The van der Waals surface area contributed by atoms with E-state index in [0.717, 1.165) is 12.1 Å². The number of nitrogens with two attached hydrogens (primary N) is 1. The van der Waals surface area contributed by atoms with Gasteiger partial charge in [-0.2, -0.15) is 13.2 Å². The predicted octanol–water partition coefficient (Wildman–Crippen LogP) is 2.56. The van der Waals surface area contributed by atoms with E-state index < -0.39 is 28.8 Å². The summed E-state index contributed by atoms with van der Waals surface area (Å²) >= 11 is 5.66. The Morgan fingerprint density at radius 2 is 2.14 bits per heavy atom. The average Bonchev–Trinajstić information content (AvgIpc) is 2.41. The Balaban J connectivity index is 2.16. The lowest BCUT2D eigenvalue weighted by atomic mass is 9.99. The first-order valence-corrected chi connectivity index (χ1v) is 6.95. The summed E-state index contributed by atoms with van der Waals surface area (Å²) < 4.78 is 38.2. The van der Waals surface area contributed by atoms with Crippen LogP contribution >= 0.6 is 11.6 Å². The number of piperidine rings is 1. The van der Waals surface area contributed by atoms with E-state index >= 15 is 0 Å². The maximum atomic E-state index is 12.7. The molecule has 0 bridgehead atoms. The molecule has 1 aromatic carbocycles. The Kier molecular flexibility index (Phi) is 4.72. The molecule has 1 aliphatic rings. The highest BCUT2D eigenvalue weighted by atomic mass is 35.5. The molecule has 5 N–H and O–H groups in total. The molecule has 1 aromatic rings. The maximum absolute atomic E-state index is 12.7. The van der Waals surface area contributed by atoms with Crippen LogP contribution in [0.3, 0.4) is 0 Å². The first-order valence-electron chi connectivity index (χ1n) is 6.57. The molecule has 122 valence electrons. The van der Waals surface area contributed by atoms with Gasteiger partial charge in [0.15, 0.2) is 0 Å². The molecular formula is C13H15ClF3N3O2. The van der Waals surface area contributed by atoms with E-state index in [9.17, 15) is 18.0 Å². The summed E-state index contributed by atoms with van der Waals surface area (Å²) in [4.78, 5) is 11.0. The van der Waals surface area contributed by atoms with Gasteiger partial charge in [-0.15, -0.1) is 0 Å². The summed E-state index contributed by atoms with van der Waals surface area (Å²) in [5.41, 5.74) is 4.84. The first-order chi connectivity index (χ1) is 10.2. The Morgan fingerprint density at radius 1 is 1.45 bits per heavy atom. The van der Waals surface area contributed by atoms with Gasteiger partial charge in [-0.1, -0.05) is 11.6 Å². The number of hydrogen-bond donors (Lipinski definition) is 4. The van der Waals surface area contributed by atoms with E-state index in [1.165, 1.54) is 0 Å². The maximum Gasteiger partial charge on any atom is 0.417 e. The van der Waals surface area contributed by atoms with Gasteiger partial charge in [-0.25, -0.2) is 0 Å². The van der Waals surface area contributed by atoms with Crippen molar-refractivity contribution in [2.45, 2.75) is 31.1 Å². The zero-order valence-electron chi connectivity index (χ0n) is 11.4. The third-order valence-corrected chi connectivity index (χ3v) is 3.82. The van der Waals surface area contributed by atoms with Crippen LogP contribution in [0.15, 0.2) is 12.1 Å². The zero-order valence-corrected chi connectivity index (χ0v) is 12.1. The van der Waals surface area contributed by atoms with Gasteiger partial charge in [0.2, 0.25) is 0 Å². The second kappa shape index (κ2) is 6.21. The Bertz CT molecular complexity index is 580. The van der Waals surface area contributed by atoms with Gasteiger partial charge in [0.1, 0.15) is 6.04 Å². The number of carboxylic acid groups (broad SMARTS) is 1. The number of nitrogen functional groups attached to an aromatic ring is 1. The molecule has 0 amide bonds. The second-order valence-electron chi connectivity index (χ2n) is 5.13.